The van der Waals surface area contributed by atoms with E-state index in [-0.39, 0.29) is 6.10 Å². The Hall–Kier alpha value is -1.29. The highest BCUT2D eigenvalue weighted by Crippen LogP contribution is 2.15. The van der Waals surface area contributed by atoms with Gasteiger partial charge in [0, 0.05) is 24.5 Å². The fourth-order valence-corrected chi connectivity index (χ4v) is 1.58. The average molecular weight is 193 g/mol. The van der Waals surface area contributed by atoms with Crippen LogP contribution in [0.15, 0.2) is 18.3 Å². The van der Waals surface area contributed by atoms with E-state index in [0.29, 0.717) is 11.6 Å². The fraction of sp³-hybridized carbons (Fsp3) is 0.500. The second-order valence-corrected chi connectivity index (χ2v) is 3.51. The third kappa shape index (κ3) is 2.35. The molecule has 0 amide bonds. The van der Waals surface area contributed by atoms with E-state index < -0.39 is 0 Å². The van der Waals surface area contributed by atoms with Gasteiger partial charge in [0.2, 0.25) is 5.88 Å². The Morgan fingerprint density at radius 1 is 1.57 bits per heavy atom. The van der Waals surface area contributed by atoms with Gasteiger partial charge in [-0.15, -0.1) is 0 Å². The lowest BCUT2D eigenvalue weighted by molar-refractivity contribution is 0.160. The Morgan fingerprint density at radius 3 is 3.21 bits per heavy atom. The van der Waals surface area contributed by atoms with Crippen molar-refractivity contribution >= 4 is 5.69 Å². The number of aromatic nitrogens is 1. The predicted octanol–water partition coefficient (Wildman–Crippen LogP) is 0.795. The molecule has 0 radical (unpaired) electrons. The van der Waals surface area contributed by atoms with Gasteiger partial charge >= 0.3 is 0 Å². The zero-order chi connectivity index (χ0) is 9.80. The Morgan fingerprint density at radius 2 is 2.50 bits per heavy atom. The number of pyridine rings is 1. The lowest BCUT2D eigenvalue weighted by Crippen LogP contribution is -2.37. The van der Waals surface area contributed by atoms with Crippen LogP contribution in [0.25, 0.3) is 0 Å². The van der Waals surface area contributed by atoms with E-state index >= 15 is 0 Å². The van der Waals surface area contributed by atoms with Gasteiger partial charge in [-0.25, -0.2) is 4.98 Å². The summed E-state index contributed by atoms with van der Waals surface area (Å²) < 4.78 is 5.68. The summed E-state index contributed by atoms with van der Waals surface area (Å²) >= 11 is 0. The molecule has 1 aliphatic rings. The first-order valence-electron chi connectivity index (χ1n) is 4.93. The van der Waals surface area contributed by atoms with Crippen molar-refractivity contribution in [3.8, 4) is 5.88 Å². The van der Waals surface area contributed by atoms with Gasteiger partial charge in [-0.2, -0.15) is 0 Å². The van der Waals surface area contributed by atoms with Gasteiger partial charge in [-0.3, -0.25) is 0 Å². The van der Waals surface area contributed by atoms with Crippen molar-refractivity contribution in [2.45, 2.75) is 18.9 Å². The number of rotatable bonds is 2. The zero-order valence-electron chi connectivity index (χ0n) is 8.07. The highest BCUT2D eigenvalue weighted by Gasteiger charge is 2.14. The van der Waals surface area contributed by atoms with Crippen molar-refractivity contribution in [1.82, 2.24) is 10.3 Å². The van der Waals surface area contributed by atoms with Crippen LogP contribution in [0.3, 0.4) is 0 Å². The number of hydrogen-bond acceptors (Lipinski definition) is 4. The van der Waals surface area contributed by atoms with Crippen LogP contribution < -0.4 is 15.8 Å². The van der Waals surface area contributed by atoms with Gasteiger partial charge in [-0.1, -0.05) is 0 Å². The minimum Gasteiger partial charge on any atom is -0.473 e. The zero-order valence-corrected chi connectivity index (χ0v) is 8.07. The molecular formula is C10H15N3O. The van der Waals surface area contributed by atoms with Gasteiger partial charge in [-0.05, 0) is 25.5 Å². The first kappa shape index (κ1) is 9.27. The van der Waals surface area contributed by atoms with Crippen LogP contribution in [0.2, 0.25) is 0 Å². The van der Waals surface area contributed by atoms with Crippen LogP contribution in [-0.2, 0) is 0 Å². The third-order valence-electron chi connectivity index (χ3n) is 2.30. The first-order valence-corrected chi connectivity index (χ1v) is 4.93. The maximum atomic E-state index is 5.68. The number of anilines is 1. The molecule has 1 aliphatic heterocycles. The molecule has 1 aromatic heterocycles. The number of nitrogens with zero attached hydrogens (tertiary/aromatic N) is 1. The highest BCUT2D eigenvalue weighted by atomic mass is 16.5. The molecule has 3 N–H and O–H groups in total. The summed E-state index contributed by atoms with van der Waals surface area (Å²) in [4.78, 5) is 4.10. The average Bonchev–Trinajstić information content (AvgIpc) is 2.19. The van der Waals surface area contributed by atoms with Gasteiger partial charge in [0.15, 0.2) is 0 Å². The molecule has 1 atom stereocenters. The molecular weight excluding hydrogens is 178 g/mol. The summed E-state index contributed by atoms with van der Waals surface area (Å²) in [5.41, 5.74) is 6.32. The number of nitrogens with one attached hydrogen (secondary N) is 1. The fourth-order valence-electron chi connectivity index (χ4n) is 1.58. The molecule has 0 spiro atoms. The molecule has 2 rings (SSSR count). The van der Waals surface area contributed by atoms with E-state index in [9.17, 15) is 0 Å². The minimum absolute atomic E-state index is 0.234. The van der Waals surface area contributed by atoms with E-state index in [0.717, 1.165) is 25.9 Å². The van der Waals surface area contributed by atoms with Gasteiger partial charge < -0.3 is 15.8 Å². The molecule has 4 heteroatoms. The molecule has 4 nitrogen and oxygen atoms in total. The van der Waals surface area contributed by atoms with Crippen LogP contribution in [0, 0.1) is 0 Å². The second kappa shape index (κ2) is 4.28. The lowest BCUT2D eigenvalue weighted by Gasteiger charge is -2.23. The normalized spacial score (nSPS) is 21.9. The summed E-state index contributed by atoms with van der Waals surface area (Å²) in [7, 11) is 0. The van der Waals surface area contributed by atoms with Crippen molar-refractivity contribution in [3.63, 3.8) is 0 Å². The maximum absolute atomic E-state index is 5.68. The summed E-state index contributed by atoms with van der Waals surface area (Å²) in [5, 5.41) is 3.29. The Labute approximate surface area is 83.5 Å². The number of ether oxygens (including phenoxy) is 1. The van der Waals surface area contributed by atoms with E-state index in [1.54, 1.807) is 18.3 Å². The molecule has 0 unspecified atom stereocenters. The van der Waals surface area contributed by atoms with Crippen LogP contribution >= 0.6 is 0 Å². The van der Waals surface area contributed by atoms with Crippen molar-refractivity contribution in [2.75, 3.05) is 18.8 Å². The largest absolute Gasteiger partial charge is 0.473 e. The molecule has 0 saturated carbocycles. The van der Waals surface area contributed by atoms with Gasteiger partial charge in [0.1, 0.15) is 6.10 Å². The summed E-state index contributed by atoms with van der Waals surface area (Å²) in [6.07, 6.45) is 4.15. The number of nitrogens with two attached hydrogens (primary N) is 1. The minimum atomic E-state index is 0.234. The Kier molecular flexibility index (Phi) is 2.84. The molecule has 1 saturated heterocycles. The molecule has 1 fully saturated rings. The molecule has 0 aliphatic carbocycles. The van der Waals surface area contributed by atoms with Crippen LogP contribution in [0.4, 0.5) is 5.69 Å². The van der Waals surface area contributed by atoms with Gasteiger partial charge in [0.05, 0.1) is 0 Å². The standard InChI is InChI=1S/C10H15N3O/c11-8-3-5-13-10(6-8)14-9-2-1-4-12-7-9/h3,5-6,9,12H,1-2,4,7H2,(H2,11,13)/t9-/m1/s1. The van der Waals surface area contributed by atoms with Crippen LogP contribution in [0.1, 0.15) is 12.8 Å². The predicted molar refractivity (Wildman–Crippen MR) is 55.2 cm³/mol. The van der Waals surface area contributed by atoms with Crippen molar-refractivity contribution in [1.29, 1.82) is 0 Å². The highest BCUT2D eigenvalue weighted by molar-refractivity contribution is 5.39. The van der Waals surface area contributed by atoms with E-state index in [2.05, 4.69) is 10.3 Å². The monoisotopic (exact) mass is 193 g/mol. The van der Waals surface area contributed by atoms with Crippen LogP contribution in [-0.4, -0.2) is 24.2 Å². The van der Waals surface area contributed by atoms with E-state index in [1.807, 2.05) is 0 Å². The SMILES string of the molecule is Nc1ccnc(O[C@@H]2CCCNC2)c1. The molecule has 0 aromatic carbocycles. The van der Waals surface area contributed by atoms with E-state index in [1.165, 1.54) is 0 Å². The third-order valence-corrected chi connectivity index (χ3v) is 2.30. The van der Waals surface area contributed by atoms with Crippen LogP contribution in [0.5, 0.6) is 5.88 Å². The number of hydrogen-bond donors (Lipinski definition) is 2. The van der Waals surface area contributed by atoms with Crippen molar-refractivity contribution in [3.05, 3.63) is 18.3 Å². The molecule has 76 valence electrons. The second-order valence-electron chi connectivity index (χ2n) is 3.51. The Balaban J connectivity index is 1.95. The first-order chi connectivity index (χ1) is 6.84. The summed E-state index contributed by atoms with van der Waals surface area (Å²) in [5.74, 6) is 0.624. The smallest absolute Gasteiger partial charge is 0.215 e. The molecule has 14 heavy (non-hydrogen) atoms. The lowest BCUT2D eigenvalue weighted by atomic mass is 10.1. The maximum Gasteiger partial charge on any atom is 0.215 e. The van der Waals surface area contributed by atoms with Gasteiger partial charge in [0.25, 0.3) is 0 Å². The van der Waals surface area contributed by atoms with Crippen molar-refractivity contribution < 1.29 is 4.74 Å². The molecule has 2 heterocycles. The van der Waals surface area contributed by atoms with E-state index in [4.69, 9.17) is 10.5 Å². The molecule has 0 bridgehead atoms. The Bertz CT molecular complexity index is 297. The topological polar surface area (TPSA) is 60.2 Å². The summed E-state index contributed by atoms with van der Waals surface area (Å²) in [6, 6.07) is 3.51. The quantitative estimate of drug-likeness (QED) is 0.729. The summed E-state index contributed by atoms with van der Waals surface area (Å²) in [6.45, 7) is 1.99. The number of piperidine rings is 1. The molecule has 1 aromatic rings. The van der Waals surface area contributed by atoms with Crippen molar-refractivity contribution in [2.24, 2.45) is 0 Å². The number of nitrogen functional groups attached to an aromatic ring is 1.